The Labute approximate surface area is 73.4 Å². The molecule has 0 aliphatic rings. The smallest absolute Gasteiger partial charge is 0.226 e. The van der Waals surface area contributed by atoms with Crippen LogP contribution in [-0.4, -0.2) is 38.0 Å². The van der Waals surface area contributed by atoms with E-state index < -0.39 is 0 Å². The Balaban J connectivity index is 0.000000810. The second-order valence-corrected chi connectivity index (χ2v) is 1.41. The molecule has 50 valence electrons. The molecule has 10 heavy (non-hydrogen) atoms. The highest BCUT2D eigenvalue weighted by molar-refractivity contribution is 5.75. The number of hydrogen-bond donors (Lipinski definition) is 3. The number of nitrogens with two attached hydrogens (primary N) is 3. The van der Waals surface area contributed by atoms with E-state index in [0.717, 1.165) is 0 Å². The van der Waals surface area contributed by atoms with Crippen molar-refractivity contribution >= 4 is 40.9 Å². The van der Waals surface area contributed by atoms with Crippen molar-refractivity contribution in [2.75, 3.05) is 17.2 Å². The van der Waals surface area contributed by atoms with Crippen LogP contribution in [0.2, 0.25) is 0 Å². The molecular weight excluding hydrogens is 144 g/mol. The largest absolute Gasteiger partial charge is 0.368 e. The van der Waals surface area contributed by atoms with Gasteiger partial charge in [-0.05, 0) is 0 Å². The van der Waals surface area contributed by atoms with Gasteiger partial charge in [0.1, 0.15) is 0 Å². The molecule has 0 bridgehead atoms. The zero-order valence-corrected chi connectivity index (χ0v) is 6.70. The quantitative estimate of drug-likeness (QED) is 0.377. The van der Waals surface area contributed by atoms with Crippen LogP contribution >= 0.6 is 0 Å². The van der Waals surface area contributed by atoms with Gasteiger partial charge in [0.05, 0.1) is 0 Å². The molecule has 6 nitrogen and oxygen atoms in total. The molecule has 1 aromatic heterocycles. The van der Waals surface area contributed by atoms with Crippen molar-refractivity contribution in [1.82, 2.24) is 15.0 Å². The minimum Gasteiger partial charge on any atom is -0.368 e. The van der Waals surface area contributed by atoms with Crippen LogP contribution in [0.5, 0.6) is 0 Å². The zero-order valence-electron chi connectivity index (χ0n) is 5.28. The summed E-state index contributed by atoms with van der Waals surface area (Å²) >= 11 is 0. The van der Waals surface area contributed by atoms with E-state index in [1.807, 2.05) is 0 Å². The third kappa shape index (κ3) is 2.19. The number of aromatic nitrogens is 3. The lowest BCUT2D eigenvalue weighted by Crippen LogP contribution is -2.05. The van der Waals surface area contributed by atoms with Gasteiger partial charge in [0.2, 0.25) is 17.8 Å². The summed E-state index contributed by atoms with van der Waals surface area (Å²) in [4.78, 5) is 10.5. The Kier molecular flexibility index (Phi) is 3.09. The maximum atomic E-state index is 5.14. The van der Waals surface area contributed by atoms with Gasteiger partial charge < -0.3 is 17.2 Å². The van der Waals surface area contributed by atoms with Gasteiger partial charge in [-0.1, -0.05) is 0 Å². The molecule has 1 aromatic rings. The Morgan fingerprint density at radius 2 is 0.900 bits per heavy atom. The second-order valence-electron chi connectivity index (χ2n) is 1.41. The van der Waals surface area contributed by atoms with Crippen LogP contribution in [-0.2, 0) is 0 Å². The van der Waals surface area contributed by atoms with Gasteiger partial charge in [0, 0.05) is 23.1 Å². The number of anilines is 3. The average molecular weight is 150 g/mol. The van der Waals surface area contributed by atoms with E-state index in [4.69, 9.17) is 17.2 Å². The molecule has 0 aliphatic carbocycles. The third-order valence-corrected chi connectivity index (χ3v) is 0.687. The molecule has 0 aliphatic heterocycles. The first-order valence-corrected chi connectivity index (χ1v) is 2.21. The number of nitrogens with zero attached hydrogens (tertiary/aromatic N) is 3. The molecular formula is C3H6MgN6. The van der Waals surface area contributed by atoms with Crippen LogP contribution in [0.15, 0.2) is 0 Å². The molecule has 6 N–H and O–H groups in total. The number of rotatable bonds is 0. The van der Waals surface area contributed by atoms with Gasteiger partial charge in [-0.2, -0.15) is 15.0 Å². The Morgan fingerprint density at radius 1 is 0.700 bits per heavy atom. The van der Waals surface area contributed by atoms with Crippen molar-refractivity contribution in [2.45, 2.75) is 0 Å². The summed E-state index contributed by atoms with van der Waals surface area (Å²) in [5, 5.41) is 0. The van der Waals surface area contributed by atoms with E-state index in [9.17, 15) is 0 Å². The topological polar surface area (TPSA) is 117 Å². The molecule has 0 spiro atoms. The molecule has 7 heteroatoms. The highest BCUT2D eigenvalue weighted by Crippen LogP contribution is 1.97. The van der Waals surface area contributed by atoms with Gasteiger partial charge in [0.25, 0.3) is 0 Å². The van der Waals surface area contributed by atoms with E-state index in [-0.39, 0.29) is 40.9 Å². The lowest BCUT2D eigenvalue weighted by atomic mass is 10.9. The fourth-order valence-electron chi connectivity index (χ4n) is 0.427. The minimum absolute atomic E-state index is 0. The first-order valence-electron chi connectivity index (χ1n) is 2.21. The normalized spacial score (nSPS) is 8.40. The summed E-state index contributed by atoms with van der Waals surface area (Å²) in [6.45, 7) is 0. The summed E-state index contributed by atoms with van der Waals surface area (Å²) in [5.41, 5.74) is 15.4. The molecule has 0 aromatic carbocycles. The Morgan fingerprint density at radius 3 is 1.10 bits per heavy atom. The van der Waals surface area contributed by atoms with Crippen LogP contribution in [0.25, 0.3) is 0 Å². The molecule has 0 unspecified atom stereocenters. The number of hydrogen-bond acceptors (Lipinski definition) is 6. The molecule has 2 radical (unpaired) electrons. The fourth-order valence-corrected chi connectivity index (χ4v) is 0.427. The molecule has 0 amide bonds. The fraction of sp³-hybridized carbons (Fsp3) is 0. The van der Waals surface area contributed by atoms with Crippen molar-refractivity contribution in [3.05, 3.63) is 0 Å². The van der Waals surface area contributed by atoms with E-state index in [0.29, 0.717) is 0 Å². The summed E-state index contributed by atoms with van der Waals surface area (Å²) in [6.07, 6.45) is 0. The first-order chi connectivity index (χ1) is 4.18. The van der Waals surface area contributed by atoms with Crippen LogP contribution in [0, 0.1) is 0 Å². The standard InChI is InChI=1S/C3H6N6.Mg/c4-1-7-2(5)9-3(6)8-1;/h(H6,4,5,6,7,8,9);. The van der Waals surface area contributed by atoms with Crippen molar-refractivity contribution in [2.24, 2.45) is 0 Å². The monoisotopic (exact) mass is 150 g/mol. The predicted molar refractivity (Wildman–Crippen MR) is 38.8 cm³/mol. The SMILES string of the molecule is Nc1nc(N)nc(N)n1.[Mg]. The Bertz CT molecular complexity index is 174. The lowest BCUT2D eigenvalue weighted by molar-refractivity contribution is 1.09. The molecule has 1 heterocycles. The van der Waals surface area contributed by atoms with Crippen molar-refractivity contribution in [3.63, 3.8) is 0 Å². The van der Waals surface area contributed by atoms with Crippen LogP contribution in [0.3, 0.4) is 0 Å². The van der Waals surface area contributed by atoms with E-state index >= 15 is 0 Å². The maximum Gasteiger partial charge on any atom is 0.226 e. The molecule has 0 atom stereocenters. The minimum atomic E-state index is 0. The summed E-state index contributed by atoms with van der Waals surface area (Å²) < 4.78 is 0. The van der Waals surface area contributed by atoms with Crippen molar-refractivity contribution < 1.29 is 0 Å². The van der Waals surface area contributed by atoms with Crippen LogP contribution < -0.4 is 17.2 Å². The molecule has 0 saturated carbocycles. The van der Waals surface area contributed by atoms with E-state index in [1.165, 1.54) is 0 Å². The molecule has 1 rings (SSSR count). The van der Waals surface area contributed by atoms with Gasteiger partial charge >= 0.3 is 0 Å². The maximum absolute atomic E-state index is 5.14. The third-order valence-electron chi connectivity index (χ3n) is 0.687. The lowest BCUT2D eigenvalue weighted by Gasteiger charge is -1.93. The second kappa shape index (κ2) is 3.37. The van der Waals surface area contributed by atoms with E-state index in [2.05, 4.69) is 15.0 Å². The Hall–Kier alpha value is -0.824. The van der Waals surface area contributed by atoms with Crippen molar-refractivity contribution in [3.8, 4) is 0 Å². The molecule has 0 fully saturated rings. The van der Waals surface area contributed by atoms with Gasteiger partial charge in [0.15, 0.2) is 0 Å². The highest BCUT2D eigenvalue weighted by Gasteiger charge is 1.93. The predicted octanol–water partition coefficient (Wildman–Crippen LogP) is -1.76. The first kappa shape index (κ1) is 9.18. The number of nitrogen functional groups attached to an aromatic ring is 3. The van der Waals surface area contributed by atoms with Gasteiger partial charge in [-0.25, -0.2) is 0 Å². The summed E-state index contributed by atoms with van der Waals surface area (Å²) in [5.74, 6) is 0.125. The van der Waals surface area contributed by atoms with E-state index in [1.54, 1.807) is 0 Å². The summed E-state index contributed by atoms with van der Waals surface area (Å²) in [7, 11) is 0. The highest BCUT2D eigenvalue weighted by atomic mass is 24.3. The molecule has 0 saturated heterocycles. The summed E-state index contributed by atoms with van der Waals surface area (Å²) in [6, 6.07) is 0. The van der Waals surface area contributed by atoms with Crippen LogP contribution in [0.1, 0.15) is 0 Å². The van der Waals surface area contributed by atoms with Crippen molar-refractivity contribution in [1.29, 1.82) is 0 Å². The van der Waals surface area contributed by atoms with Gasteiger partial charge in [-0.3, -0.25) is 0 Å². The van der Waals surface area contributed by atoms with Crippen LogP contribution in [0.4, 0.5) is 17.8 Å². The zero-order chi connectivity index (χ0) is 6.85. The average Bonchev–Trinajstić information content (AvgIpc) is 1.59. The van der Waals surface area contributed by atoms with Gasteiger partial charge in [-0.15, -0.1) is 0 Å².